The third-order valence-electron chi connectivity index (χ3n) is 3.29. The van der Waals surface area contributed by atoms with Crippen molar-refractivity contribution >= 4 is 17.7 Å². The van der Waals surface area contributed by atoms with E-state index in [0.717, 1.165) is 18.7 Å². The molecule has 3 rings (SSSR count). The van der Waals surface area contributed by atoms with E-state index in [-0.39, 0.29) is 5.82 Å². The Bertz CT molecular complexity index is 609. The van der Waals surface area contributed by atoms with Gasteiger partial charge in [-0.3, -0.25) is 4.79 Å². The summed E-state index contributed by atoms with van der Waals surface area (Å²) in [5.74, 6) is -0.351. The maximum atomic E-state index is 14.0. The number of anilines is 2. The molecule has 2 aromatic carbocycles. The Morgan fingerprint density at radius 3 is 2.72 bits per heavy atom. The number of fused-ring (bicyclic) bond motifs is 1. The molecule has 0 aliphatic carbocycles. The summed E-state index contributed by atoms with van der Waals surface area (Å²) in [5, 5.41) is 0. The van der Waals surface area contributed by atoms with Crippen molar-refractivity contribution in [3.8, 4) is 0 Å². The minimum Gasteiger partial charge on any atom is -0.339 e. The van der Waals surface area contributed by atoms with Crippen LogP contribution in [0.5, 0.6) is 0 Å². The molecule has 0 spiro atoms. The molecule has 0 saturated carbocycles. The number of benzene rings is 2. The number of carbonyl (C=O) groups excluding carboxylic acids is 1. The Kier molecular flexibility index (Phi) is 2.59. The van der Waals surface area contributed by atoms with Crippen LogP contribution < -0.4 is 4.90 Å². The highest BCUT2D eigenvalue weighted by Gasteiger charge is 2.22. The minimum atomic E-state index is -0.351. The molecule has 0 unspecified atom stereocenters. The molecule has 0 N–H and O–H groups in total. The SMILES string of the molecule is O=Cc1ccc(N2CCc3ccccc32)c(F)c1. The Morgan fingerprint density at radius 1 is 1.11 bits per heavy atom. The van der Waals surface area contributed by atoms with E-state index in [0.29, 0.717) is 17.5 Å². The summed E-state index contributed by atoms with van der Waals surface area (Å²) in [5.41, 5.74) is 3.18. The standard InChI is InChI=1S/C15H12FNO/c16-13-9-11(10-18)5-6-15(13)17-8-7-12-3-1-2-4-14(12)17/h1-6,9-10H,7-8H2. The van der Waals surface area contributed by atoms with Crippen LogP contribution in [0.2, 0.25) is 0 Å². The molecule has 1 aliphatic rings. The van der Waals surface area contributed by atoms with Crippen LogP contribution in [0, 0.1) is 5.82 Å². The van der Waals surface area contributed by atoms with Gasteiger partial charge >= 0.3 is 0 Å². The summed E-state index contributed by atoms with van der Waals surface area (Å²) < 4.78 is 14.0. The Labute approximate surface area is 105 Å². The molecule has 2 aromatic rings. The molecule has 0 fully saturated rings. The lowest BCUT2D eigenvalue weighted by Gasteiger charge is -2.20. The summed E-state index contributed by atoms with van der Waals surface area (Å²) >= 11 is 0. The van der Waals surface area contributed by atoms with Crippen molar-refractivity contribution in [1.82, 2.24) is 0 Å². The first-order valence-corrected chi connectivity index (χ1v) is 5.90. The van der Waals surface area contributed by atoms with Crippen LogP contribution in [-0.2, 0) is 6.42 Å². The number of para-hydroxylation sites is 1. The van der Waals surface area contributed by atoms with Gasteiger partial charge in [0.25, 0.3) is 0 Å². The fourth-order valence-corrected chi connectivity index (χ4v) is 2.40. The maximum absolute atomic E-state index is 14.0. The zero-order chi connectivity index (χ0) is 12.5. The first kappa shape index (κ1) is 11.0. The van der Waals surface area contributed by atoms with Crippen molar-refractivity contribution in [3.63, 3.8) is 0 Å². The number of hydrogen-bond acceptors (Lipinski definition) is 2. The topological polar surface area (TPSA) is 20.3 Å². The van der Waals surface area contributed by atoms with Gasteiger partial charge in [-0.05, 0) is 36.2 Å². The zero-order valence-electron chi connectivity index (χ0n) is 9.77. The van der Waals surface area contributed by atoms with Gasteiger partial charge in [0.1, 0.15) is 12.1 Å². The average molecular weight is 241 g/mol. The van der Waals surface area contributed by atoms with E-state index in [1.165, 1.54) is 11.6 Å². The number of rotatable bonds is 2. The quantitative estimate of drug-likeness (QED) is 0.752. The Balaban J connectivity index is 2.05. The Morgan fingerprint density at radius 2 is 1.94 bits per heavy atom. The molecule has 0 bridgehead atoms. The average Bonchev–Trinajstić information content (AvgIpc) is 2.82. The van der Waals surface area contributed by atoms with Gasteiger partial charge in [0, 0.05) is 17.8 Å². The molecule has 1 aliphatic heterocycles. The van der Waals surface area contributed by atoms with Crippen molar-refractivity contribution in [3.05, 3.63) is 59.4 Å². The van der Waals surface area contributed by atoms with E-state index in [4.69, 9.17) is 0 Å². The van der Waals surface area contributed by atoms with Crippen molar-refractivity contribution < 1.29 is 9.18 Å². The second kappa shape index (κ2) is 4.26. The van der Waals surface area contributed by atoms with Gasteiger partial charge in [-0.1, -0.05) is 18.2 Å². The van der Waals surface area contributed by atoms with E-state index in [1.807, 2.05) is 23.1 Å². The first-order chi connectivity index (χ1) is 8.79. The summed E-state index contributed by atoms with van der Waals surface area (Å²) in [6.45, 7) is 0.775. The molecular formula is C15H12FNO. The third kappa shape index (κ3) is 1.68. The highest BCUT2D eigenvalue weighted by molar-refractivity contribution is 5.77. The third-order valence-corrected chi connectivity index (χ3v) is 3.29. The normalized spacial score (nSPS) is 13.5. The van der Waals surface area contributed by atoms with Crippen LogP contribution in [0.25, 0.3) is 0 Å². The summed E-state index contributed by atoms with van der Waals surface area (Å²) in [6, 6.07) is 12.6. The minimum absolute atomic E-state index is 0.351. The van der Waals surface area contributed by atoms with Gasteiger partial charge in [-0.25, -0.2) is 4.39 Å². The first-order valence-electron chi connectivity index (χ1n) is 5.90. The number of carbonyl (C=O) groups is 1. The van der Waals surface area contributed by atoms with E-state index >= 15 is 0 Å². The summed E-state index contributed by atoms with van der Waals surface area (Å²) in [4.78, 5) is 12.6. The molecule has 0 saturated heterocycles. The Hall–Kier alpha value is -2.16. The predicted molar refractivity (Wildman–Crippen MR) is 68.9 cm³/mol. The number of aldehydes is 1. The molecule has 90 valence electrons. The van der Waals surface area contributed by atoms with Crippen LogP contribution in [-0.4, -0.2) is 12.8 Å². The van der Waals surface area contributed by atoms with Crippen molar-refractivity contribution in [2.24, 2.45) is 0 Å². The number of hydrogen-bond donors (Lipinski definition) is 0. The number of nitrogens with zero attached hydrogens (tertiary/aromatic N) is 1. The van der Waals surface area contributed by atoms with Crippen molar-refractivity contribution in [2.45, 2.75) is 6.42 Å². The van der Waals surface area contributed by atoms with E-state index in [1.54, 1.807) is 12.1 Å². The van der Waals surface area contributed by atoms with Gasteiger partial charge in [0.05, 0.1) is 5.69 Å². The second-order valence-electron chi connectivity index (χ2n) is 4.36. The smallest absolute Gasteiger partial charge is 0.150 e. The molecule has 2 nitrogen and oxygen atoms in total. The fraction of sp³-hybridized carbons (Fsp3) is 0.133. The van der Waals surface area contributed by atoms with Crippen LogP contribution in [0.4, 0.5) is 15.8 Å². The van der Waals surface area contributed by atoms with Crippen LogP contribution >= 0.6 is 0 Å². The van der Waals surface area contributed by atoms with Gasteiger partial charge < -0.3 is 4.90 Å². The summed E-state index contributed by atoms with van der Waals surface area (Å²) in [6.07, 6.45) is 1.58. The predicted octanol–water partition coefficient (Wildman–Crippen LogP) is 3.33. The van der Waals surface area contributed by atoms with Crippen LogP contribution in [0.15, 0.2) is 42.5 Å². The lowest BCUT2D eigenvalue weighted by molar-refractivity contribution is 0.112. The van der Waals surface area contributed by atoms with E-state index in [9.17, 15) is 9.18 Å². The molecule has 0 atom stereocenters. The van der Waals surface area contributed by atoms with E-state index < -0.39 is 0 Å². The fourth-order valence-electron chi connectivity index (χ4n) is 2.40. The molecule has 0 amide bonds. The van der Waals surface area contributed by atoms with Crippen LogP contribution in [0.3, 0.4) is 0 Å². The largest absolute Gasteiger partial charge is 0.339 e. The molecule has 1 heterocycles. The monoisotopic (exact) mass is 241 g/mol. The maximum Gasteiger partial charge on any atom is 0.150 e. The van der Waals surface area contributed by atoms with Gasteiger partial charge in [-0.2, -0.15) is 0 Å². The lowest BCUT2D eigenvalue weighted by Crippen LogP contribution is -2.14. The van der Waals surface area contributed by atoms with Gasteiger partial charge in [0.15, 0.2) is 0 Å². The lowest BCUT2D eigenvalue weighted by atomic mass is 10.1. The molecule has 3 heteroatoms. The summed E-state index contributed by atoms with van der Waals surface area (Å²) in [7, 11) is 0. The van der Waals surface area contributed by atoms with Gasteiger partial charge in [-0.15, -0.1) is 0 Å². The van der Waals surface area contributed by atoms with Crippen molar-refractivity contribution in [1.29, 1.82) is 0 Å². The van der Waals surface area contributed by atoms with Crippen molar-refractivity contribution in [2.75, 3.05) is 11.4 Å². The van der Waals surface area contributed by atoms with E-state index in [2.05, 4.69) is 6.07 Å². The zero-order valence-corrected chi connectivity index (χ0v) is 9.77. The molecule has 0 aromatic heterocycles. The second-order valence-corrected chi connectivity index (χ2v) is 4.36. The number of halogens is 1. The molecule has 0 radical (unpaired) electrons. The van der Waals surface area contributed by atoms with Gasteiger partial charge in [0.2, 0.25) is 0 Å². The molecular weight excluding hydrogens is 229 g/mol. The highest BCUT2D eigenvalue weighted by Crippen LogP contribution is 2.35. The highest BCUT2D eigenvalue weighted by atomic mass is 19.1. The molecule has 18 heavy (non-hydrogen) atoms. The van der Waals surface area contributed by atoms with Crippen LogP contribution in [0.1, 0.15) is 15.9 Å².